The monoisotopic (exact) mass is 364 g/mol. The summed E-state index contributed by atoms with van der Waals surface area (Å²) >= 11 is 0. The number of aromatic nitrogens is 3. The summed E-state index contributed by atoms with van der Waals surface area (Å²) in [7, 11) is 0. The Labute approximate surface area is 163 Å². The van der Waals surface area contributed by atoms with Gasteiger partial charge in [0.15, 0.2) is 0 Å². The molecule has 0 aliphatic carbocycles. The van der Waals surface area contributed by atoms with Crippen molar-refractivity contribution in [2.75, 3.05) is 0 Å². The van der Waals surface area contributed by atoms with E-state index in [-0.39, 0.29) is 0 Å². The second kappa shape index (κ2) is 5.83. The average Bonchev–Trinajstić information content (AvgIpc) is 3.43. The molecule has 0 fully saturated rings. The van der Waals surface area contributed by atoms with Gasteiger partial charge in [-0.05, 0) is 30.7 Å². The number of hydrogen-bond acceptors (Lipinski definition) is 0. The van der Waals surface area contributed by atoms with Crippen LogP contribution >= 0.6 is 0 Å². The molecule has 0 unspecified atom stereocenters. The quantitative estimate of drug-likeness (QED) is 0.355. The molecule has 0 spiro atoms. The minimum atomic E-state index is 1.07. The lowest BCUT2D eigenvalue weighted by Gasteiger charge is -2.00. The van der Waals surface area contributed by atoms with Crippen LogP contribution in [0.1, 0.15) is 19.8 Å². The molecule has 0 saturated carbocycles. The van der Waals surface area contributed by atoms with Gasteiger partial charge in [-0.2, -0.15) is 0 Å². The number of fused-ring (bicyclic) bond motifs is 6. The highest BCUT2D eigenvalue weighted by atomic mass is 15.1. The van der Waals surface area contributed by atoms with Crippen LogP contribution in [-0.4, -0.2) is 8.97 Å². The van der Waals surface area contributed by atoms with Gasteiger partial charge in [0.05, 0.1) is 23.1 Å². The molecular formula is C25H22N3+. The summed E-state index contributed by atoms with van der Waals surface area (Å²) in [4.78, 5) is 0. The summed E-state index contributed by atoms with van der Waals surface area (Å²) in [6.07, 6.45) is 8.95. The Bertz CT molecular complexity index is 1450. The zero-order chi connectivity index (χ0) is 18.7. The molecule has 136 valence electrons. The van der Waals surface area contributed by atoms with Crippen molar-refractivity contribution >= 4 is 38.1 Å². The van der Waals surface area contributed by atoms with Gasteiger partial charge in [-0.3, -0.25) is 0 Å². The van der Waals surface area contributed by atoms with Crippen molar-refractivity contribution in [2.24, 2.45) is 0 Å². The third-order valence-corrected chi connectivity index (χ3v) is 5.97. The highest BCUT2D eigenvalue weighted by Crippen LogP contribution is 2.39. The third kappa shape index (κ3) is 2.07. The second-order valence-electron chi connectivity index (χ2n) is 7.67. The summed E-state index contributed by atoms with van der Waals surface area (Å²) in [6, 6.07) is 22.2. The molecule has 0 radical (unpaired) electrons. The van der Waals surface area contributed by atoms with Crippen LogP contribution in [0.3, 0.4) is 0 Å². The van der Waals surface area contributed by atoms with E-state index in [1.807, 2.05) is 0 Å². The van der Waals surface area contributed by atoms with Gasteiger partial charge in [0.25, 0.3) is 0 Å². The minimum Gasteiger partial charge on any atom is -0.308 e. The average molecular weight is 364 g/mol. The van der Waals surface area contributed by atoms with E-state index < -0.39 is 0 Å². The van der Waals surface area contributed by atoms with Crippen molar-refractivity contribution in [3.8, 4) is 5.69 Å². The van der Waals surface area contributed by atoms with Crippen molar-refractivity contribution in [1.82, 2.24) is 8.97 Å². The van der Waals surface area contributed by atoms with E-state index in [1.54, 1.807) is 0 Å². The van der Waals surface area contributed by atoms with Crippen molar-refractivity contribution in [3.63, 3.8) is 0 Å². The molecule has 6 rings (SSSR count). The number of benzene rings is 3. The van der Waals surface area contributed by atoms with Gasteiger partial charge in [-0.25, -0.2) is 9.13 Å². The Morgan fingerprint density at radius 2 is 1.61 bits per heavy atom. The molecule has 0 N–H and O–H groups in total. The molecule has 3 heterocycles. The summed E-state index contributed by atoms with van der Waals surface area (Å²) in [6.45, 7) is 3.31. The lowest BCUT2D eigenvalue weighted by Crippen LogP contribution is -2.30. The summed E-state index contributed by atoms with van der Waals surface area (Å²) < 4.78 is 6.92. The minimum absolute atomic E-state index is 1.07. The molecule has 3 heteroatoms. The highest BCUT2D eigenvalue weighted by Gasteiger charge is 2.18. The number of hydrogen-bond donors (Lipinski definition) is 0. The van der Waals surface area contributed by atoms with Crippen LogP contribution in [0, 0.1) is 0 Å². The van der Waals surface area contributed by atoms with Gasteiger partial charge < -0.3 is 4.40 Å². The fourth-order valence-corrected chi connectivity index (χ4v) is 4.60. The van der Waals surface area contributed by atoms with E-state index in [0.29, 0.717) is 0 Å². The number of imidazole rings is 1. The largest absolute Gasteiger partial charge is 0.308 e. The maximum absolute atomic E-state index is 2.43. The van der Waals surface area contributed by atoms with Gasteiger partial charge in [-0.15, -0.1) is 0 Å². The van der Waals surface area contributed by atoms with E-state index in [1.165, 1.54) is 56.6 Å². The van der Waals surface area contributed by atoms with Crippen molar-refractivity contribution in [3.05, 3.63) is 79.4 Å². The fourth-order valence-electron chi connectivity index (χ4n) is 4.60. The first-order valence-electron chi connectivity index (χ1n) is 10.1. The first kappa shape index (κ1) is 15.7. The standard InChI is InChI=1S/C25H22N3/c1-2-3-13-26-14-15-27(17-26)18-11-12-24-22(16-18)21-9-6-8-20-19-7-4-5-10-23(19)28(24)25(20)21/h4-12,14-17H,2-3,13H2,1H3/q+1. The molecular weight excluding hydrogens is 342 g/mol. The van der Waals surface area contributed by atoms with E-state index in [9.17, 15) is 0 Å². The van der Waals surface area contributed by atoms with E-state index in [0.717, 1.165) is 6.54 Å². The Hall–Kier alpha value is -3.33. The van der Waals surface area contributed by atoms with Crippen LogP contribution < -0.4 is 4.57 Å². The van der Waals surface area contributed by atoms with Crippen LogP contribution in [0.5, 0.6) is 0 Å². The van der Waals surface area contributed by atoms with Crippen LogP contribution in [0.4, 0.5) is 0 Å². The van der Waals surface area contributed by atoms with Gasteiger partial charge in [0, 0.05) is 21.5 Å². The van der Waals surface area contributed by atoms with Crippen molar-refractivity contribution in [2.45, 2.75) is 26.3 Å². The summed E-state index contributed by atoms with van der Waals surface area (Å²) in [5, 5.41) is 5.31. The fraction of sp³-hybridized carbons (Fsp3) is 0.160. The zero-order valence-corrected chi connectivity index (χ0v) is 16.0. The molecule has 0 aliphatic heterocycles. The second-order valence-corrected chi connectivity index (χ2v) is 7.67. The van der Waals surface area contributed by atoms with Gasteiger partial charge >= 0.3 is 0 Å². The number of nitrogens with zero attached hydrogens (tertiary/aromatic N) is 3. The highest BCUT2D eigenvalue weighted by molar-refractivity contribution is 6.23. The first-order chi connectivity index (χ1) is 13.8. The molecule has 3 aromatic heterocycles. The number of para-hydroxylation sites is 2. The van der Waals surface area contributed by atoms with E-state index >= 15 is 0 Å². The zero-order valence-electron chi connectivity index (χ0n) is 16.0. The Morgan fingerprint density at radius 3 is 2.50 bits per heavy atom. The first-order valence-corrected chi connectivity index (χ1v) is 10.1. The lowest BCUT2D eigenvalue weighted by molar-refractivity contribution is -0.696. The molecule has 0 saturated heterocycles. The Morgan fingerprint density at radius 1 is 0.821 bits per heavy atom. The van der Waals surface area contributed by atoms with E-state index in [2.05, 4.69) is 99.8 Å². The van der Waals surface area contributed by atoms with E-state index in [4.69, 9.17) is 0 Å². The molecule has 3 nitrogen and oxygen atoms in total. The maximum Gasteiger partial charge on any atom is 0.248 e. The van der Waals surface area contributed by atoms with Crippen molar-refractivity contribution < 1.29 is 4.57 Å². The number of rotatable bonds is 4. The van der Waals surface area contributed by atoms with Crippen LogP contribution in [0.15, 0.2) is 79.4 Å². The Kier molecular flexibility index (Phi) is 3.27. The van der Waals surface area contributed by atoms with Gasteiger partial charge in [0.2, 0.25) is 6.33 Å². The topological polar surface area (TPSA) is 13.2 Å². The molecule has 0 aliphatic rings. The van der Waals surface area contributed by atoms with Crippen LogP contribution in [-0.2, 0) is 6.54 Å². The normalized spacial score (nSPS) is 12.2. The van der Waals surface area contributed by atoms with Crippen LogP contribution in [0.2, 0.25) is 0 Å². The smallest absolute Gasteiger partial charge is 0.248 e. The Balaban J connectivity index is 1.61. The SMILES string of the molecule is CCCC[n+]1ccn(-c2ccc3c(c2)c2cccc4c5ccccc5n3c42)c1. The molecule has 6 aromatic rings. The predicted molar refractivity (Wildman–Crippen MR) is 116 cm³/mol. The van der Waals surface area contributed by atoms with Crippen LogP contribution in [0.25, 0.3) is 43.8 Å². The molecule has 0 amide bonds. The number of aryl methyl sites for hydroxylation is 1. The van der Waals surface area contributed by atoms with Gasteiger partial charge in [0.1, 0.15) is 18.1 Å². The maximum atomic E-state index is 2.43. The third-order valence-electron chi connectivity index (χ3n) is 5.97. The molecule has 0 atom stereocenters. The summed E-state index contributed by atoms with van der Waals surface area (Å²) in [5.41, 5.74) is 5.11. The van der Waals surface area contributed by atoms with Crippen molar-refractivity contribution in [1.29, 1.82) is 0 Å². The number of unbranched alkanes of at least 4 members (excludes halogenated alkanes) is 1. The summed E-state index contributed by atoms with van der Waals surface area (Å²) in [5.74, 6) is 0. The molecule has 28 heavy (non-hydrogen) atoms. The molecule has 0 bridgehead atoms. The predicted octanol–water partition coefficient (Wildman–Crippen LogP) is 5.72. The lowest BCUT2D eigenvalue weighted by atomic mass is 10.1. The molecule has 3 aromatic carbocycles. The van der Waals surface area contributed by atoms with Gasteiger partial charge in [-0.1, -0.05) is 49.7 Å².